The minimum Gasteiger partial charge on any atom is -0.398 e. The van der Waals surface area contributed by atoms with Crippen LogP contribution in [0.2, 0.25) is 12.6 Å². The third-order valence-electron chi connectivity index (χ3n) is 2.14. The van der Waals surface area contributed by atoms with E-state index in [2.05, 4.69) is 18.8 Å². The third-order valence-corrected chi connectivity index (χ3v) is 5.30. The normalized spacial score (nSPS) is 14.8. The lowest BCUT2D eigenvalue weighted by atomic mass is 10.2. The molecule has 0 aliphatic heterocycles. The van der Waals surface area contributed by atoms with Gasteiger partial charge in [-0.05, 0) is 32.1 Å². The van der Waals surface area contributed by atoms with E-state index in [1.54, 1.807) is 14.2 Å². The molecule has 1 unspecified atom stereocenters. The van der Waals surface area contributed by atoms with Gasteiger partial charge >= 0.3 is 8.56 Å². The van der Waals surface area contributed by atoms with Crippen LogP contribution in [0, 0.1) is 5.92 Å². The molecule has 0 rings (SSSR count). The van der Waals surface area contributed by atoms with Gasteiger partial charge in [-0.3, -0.25) is 0 Å². The van der Waals surface area contributed by atoms with Crippen LogP contribution < -0.4 is 5.32 Å². The number of rotatable bonds is 6. The quantitative estimate of drug-likeness (QED) is 0.640. The molecule has 12 heavy (non-hydrogen) atoms. The van der Waals surface area contributed by atoms with E-state index in [-0.39, 0.29) is 0 Å². The van der Waals surface area contributed by atoms with E-state index >= 15 is 0 Å². The zero-order chi connectivity index (χ0) is 9.61. The lowest BCUT2D eigenvalue weighted by Gasteiger charge is -2.25. The van der Waals surface area contributed by atoms with Crippen molar-refractivity contribution in [3.05, 3.63) is 0 Å². The second-order valence-corrected chi connectivity index (χ2v) is 6.90. The van der Waals surface area contributed by atoms with Crippen LogP contribution >= 0.6 is 0 Å². The molecular weight excluding hydrogens is 170 g/mol. The van der Waals surface area contributed by atoms with Crippen molar-refractivity contribution in [1.82, 2.24) is 5.32 Å². The number of hydrogen-bond donors (Lipinski definition) is 1. The Balaban J connectivity index is 3.84. The van der Waals surface area contributed by atoms with E-state index in [1.807, 2.05) is 7.05 Å². The van der Waals surface area contributed by atoms with Crippen LogP contribution in [0.4, 0.5) is 0 Å². The molecule has 0 saturated carbocycles. The van der Waals surface area contributed by atoms with Crippen LogP contribution in [-0.2, 0) is 8.85 Å². The summed E-state index contributed by atoms with van der Waals surface area (Å²) >= 11 is 0. The van der Waals surface area contributed by atoms with E-state index in [4.69, 9.17) is 8.85 Å². The molecular formula is C8H21NO2Si. The predicted octanol–water partition coefficient (Wildman–Crippen LogP) is 1.21. The molecule has 0 aromatic heterocycles. The second kappa shape index (κ2) is 5.69. The smallest absolute Gasteiger partial charge is 0.334 e. The first-order chi connectivity index (χ1) is 5.58. The maximum atomic E-state index is 5.39. The van der Waals surface area contributed by atoms with Gasteiger partial charge in [0.2, 0.25) is 0 Å². The first-order valence-corrected chi connectivity index (χ1v) is 6.85. The summed E-state index contributed by atoms with van der Waals surface area (Å²) in [7, 11) is 3.61. The van der Waals surface area contributed by atoms with Gasteiger partial charge in [0.25, 0.3) is 0 Å². The third kappa shape index (κ3) is 4.20. The largest absolute Gasteiger partial charge is 0.398 e. The Hall–Kier alpha value is 0.0969. The minimum absolute atomic E-state index is 0.617. The van der Waals surface area contributed by atoms with Crippen molar-refractivity contribution in [3.8, 4) is 0 Å². The Morgan fingerprint density at radius 2 is 1.83 bits per heavy atom. The van der Waals surface area contributed by atoms with Gasteiger partial charge in [-0.2, -0.15) is 0 Å². The molecule has 4 heteroatoms. The highest BCUT2D eigenvalue weighted by atomic mass is 28.4. The lowest BCUT2D eigenvalue weighted by molar-refractivity contribution is 0.242. The Kier molecular flexibility index (Phi) is 5.74. The Bertz CT molecular complexity index is 118. The molecule has 0 spiro atoms. The first-order valence-electron chi connectivity index (χ1n) is 4.33. The van der Waals surface area contributed by atoms with Crippen molar-refractivity contribution in [2.24, 2.45) is 5.92 Å². The van der Waals surface area contributed by atoms with Crippen LogP contribution in [0.1, 0.15) is 6.92 Å². The number of hydrogen-bond acceptors (Lipinski definition) is 3. The average molecular weight is 191 g/mol. The highest BCUT2D eigenvalue weighted by molar-refractivity contribution is 6.65. The fourth-order valence-corrected chi connectivity index (χ4v) is 3.21. The molecule has 0 fully saturated rings. The Labute approximate surface area is 76.7 Å². The lowest BCUT2D eigenvalue weighted by Crippen LogP contribution is -2.39. The molecule has 0 saturated heterocycles. The van der Waals surface area contributed by atoms with E-state index in [9.17, 15) is 0 Å². The first kappa shape index (κ1) is 12.1. The van der Waals surface area contributed by atoms with Crippen molar-refractivity contribution in [2.45, 2.75) is 19.5 Å². The molecule has 0 aliphatic rings. The molecule has 0 bridgehead atoms. The van der Waals surface area contributed by atoms with Gasteiger partial charge in [0.1, 0.15) is 0 Å². The Morgan fingerprint density at radius 1 is 1.33 bits per heavy atom. The van der Waals surface area contributed by atoms with Crippen LogP contribution in [-0.4, -0.2) is 36.4 Å². The summed E-state index contributed by atoms with van der Waals surface area (Å²) < 4.78 is 10.8. The van der Waals surface area contributed by atoms with Crippen molar-refractivity contribution < 1.29 is 8.85 Å². The van der Waals surface area contributed by atoms with Crippen LogP contribution in [0.25, 0.3) is 0 Å². The van der Waals surface area contributed by atoms with Gasteiger partial charge in [0.15, 0.2) is 0 Å². The molecule has 0 heterocycles. The summed E-state index contributed by atoms with van der Waals surface area (Å²) in [6.45, 7) is 5.33. The fourth-order valence-electron chi connectivity index (χ4n) is 1.30. The van der Waals surface area contributed by atoms with Crippen molar-refractivity contribution in [3.63, 3.8) is 0 Å². The molecule has 0 aliphatic carbocycles. The summed E-state index contributed by atoms with van der Waals surface area (Å²) in [6, 6.07) is 1.04. The maximum Gasteiger partial charge on any atom is 0.334 e. The molecule has 0 aromatic rings. The molecule has 0 aromatic carbocycles. The summed E-state index contributed by atoms with van der Waals surface area (Å²) in [5, 5.41) is 3.15. The molecule has 3 nitrogen and oxygen atoms in total. The summed E-state index contributed by atoms with van der Waals surface area (Å²) in [5.41, 5.74) is 0. The summed E-state index contributed by atoms with van der Waals surface area (Å²) in [5.74, 6) is 0.617. The highest BCUT2D eigenvalue weighted by Crippen LogP contribution is 2.17. The topological polar surface area (TPSA) is 30.5 Å². The minimum atomic E-state index is -1.84. The van der Waals surface area contributed by atoms with Crippen molar-refractivity contribution >= 4 is 8.56 Å². The van der Waals surface area contributed by atoms with E-state index in [1.165, 1.54) is 0 Å². The fraction of sp³-hybridized carbons (Fsp3) is 1.00. The monoisotopic (exact) mass is 191 g/mol. The highest BCUT2D eigenvalue weighted by Gasteiger charge is 2.30. The van der Waals surface area contributed by atoms with E-state index in [0.29, 0.717) is 5.92 Å². The zero-order valence-electron chi connectivity index (χ0n) is 8.81. The molecule has 0 radical (unpaired) electrons. The summed E-state index contributed by atoms with van der Waals surface area (Å²) in [4.78, 5) is 0. The average Bonchev–Trinajstić information content (AvgIpc) is 2.05. The van der Waals surface area contributed by atoms with Gasteiger partial charge < -0.3 is 14.2 Å². The maximum absolute atomic E-state index is 5.39. The SMILES string of the molecule is CNCC(C)C[Si](C)(OC)OC. The van der Waals surface area contributed by atoms with E-state index < -0.39 is 8.56 Å². The molecule has 0 amide bonds. The summed E-state index contributed by atoms with van der Waals surface area (Å²) in [6.07, 6.45) is 0. The van der Waals surface area contributed by atoms with E-state index in [0.717, 1.165) is 12.6 Å². The molecule has 1 N–H and O–H groups in total. The van der Waals surface area contributed by atoms with Crippen LogP contribution in [0.3, 0.4) is 0 Å². The van der Waals surface area contributed by atoms with Crippen molar-refractivity contribution in [2.75, 3.05) is 27.8 Å². The van der Waals surface area contributed by atoms with Crippen molar-refractivity contribution in [1.29, 1.82) is 0 Å². The zero-order valence-corrected chi connectivity index (χ0v) is 9.81. The van der Waals surface area contributed by atoms with Gasteiger partial charge in [-0.1, -0.05) is 6.92 Å². The molecule has 74 valence electrons. The van der Waals surface area contributed by atoms with Crippen LogP contribution in [0.15, 0.2) is 0 Å². The molecule has 1 atom stereocenters. The Morgan fingerprint density at radius 3 is 2.17 bits per heavy atom. The van der Waals surface area contributed by atoms with Gasteiger partial charge in [0, 0.05) is 14.2 Å². The standard InChI is InChI=1S/C8H21NO2Si/c1-8(6-9-2)7-12(5,10-3)11-4/h8-9H,6-7H2,1-5H3. The van der Waals surface area contributed by atoms with Gasteiger partial charge in [-0.15, -0.1) is 0 Å². The van der Waals surface area contributed by atoms with Gasteiger partial charge in [-0.25, -0.2) is 0 Å². The number of nitrogens with one attached hydrogen (secondary N) is 1. The van der Waals surface area contributed by atoms with Crippen LogP contribution in [0.5, 0.6) is 0 Å². The predicted molar refractivity (Wildman–Crippen MR) is 53.5 cm³/mol. The van der Waals surface area contributed by atoms with Gasteiger partial charge in [0.05, 0.1) is 0 Å². The second-order valence-electron chi connectivity index (χ2n) is 3.41.